The summed E-state index contributed by atoms with van der Waals surface area (Å²) < 4.78 is 16.8. The molecule has 6 nitrogen and oxygen atoms in total. The minimum absolute atomic E-state index is 0.108. The zero-order chi connectivity index (χ0) is 55.7. The van der Waals surface area contributed by atoms with Gasteiger partial charge in [-0.2, -0.15) is 0 Å². The van der Waals surface area contributed by atoms with Gasteiger partial charge in [0.25, 0.3) is 0 Å². The van der Waals surface area contributed by atoms with Crippen LogP contribution in [0.4, 0.5) is 0 Å². The van der Waals surface area contributed by atoms with Crippen LogP contribution in [-0.2, 0) is 28.6 Å². The smallest absolute Gasteiger partial charge is 0.306 e. The third-order valence-corrected chi connectivity index (χ3v) is 13.1. The number of hydrogen-bond donors (Lipinski definition) is 0. The van der Waals surface area contributed by atoms with Gasteiger partial charge in [0.15, 0.2) is 6.10 Å². The molecule has 0 bridgehead atoms. The van der Waals surface area contributed by atoms with Crippen LogP contribution in [0.25, 0.3) is 0 Å². The molecule has 436 valence electrons. The molecule has 0 saturated carbocycles. The van der Waals surface area contributed by atoms with Crippen LogP contribution in [0.5, 0.6) is 0 Å². The Morgan fingerprint density at radius 2 is 0.545 bits per heavy atom. The highest BCUT2D eigenvalue weighted by molar-refractivity contribution is 5.71. The molecule has 0 heterocycles. The molecule has 77 heavy (non-hydrogen) atoms. The van der Waals surface area contributed by atoms with E-state index in [9.17, 15) is 14.4 Å². The minimum atomic E-state index is -0.815. The molecule has 0 saturated heterocycles. The molecule has 0 aliphatic carbocycles. The van der Waals surface area contributed by atoms with E-state index in [1.165, 1.54) is 103 Å². The van der Waals surface area contributed by atoms with Gasteiger partial charge in [0.2, 0.25) is 0 Å². The van der Waals surface area contributed by atoms with Gasteiger partial charge in [-0.25, -0.2) is 0 Å². The van der Waals surface area contributed by atoms with Crippen molar-refractivity contribution in [2.45, 2.75) is 284 Å². The second-order valence-electron chi connectivity index (χ2n) is 20.6. The molecule has 0 spiro atoms. The maximum Gasteiger partial charge on any atom is 0.306 e. The summed E-state index contributed by atoms with van der Waals surface area (Å²) >= 11 is 0. The Labute approximate surface area is 475 Å². The topological polar surface area (TPSA) is 78.9 Å². The van der Waals surface area contributed by atoms with Crippen molar-refractivity contribution in [2.75, 3.05) is 13.2 Å². The van der Waals surface area contributed by atoms with E-state index >= 15 is 0 Å². The Morgan fingerprint density at radius 1 is 0.273 bits per heavy atom. The molecular formula is C71H116O6. The monoisotopic (exact) mass is 1060 g/mol. The van der Waals surface area contributed by atoms with Crippen LogP contribution in [-0.4, -0.2) is 37.2 Å². The molecule has 0 aliphatic heterocycles. The lowest BCUT2D eigenvalue weighted by molar-refractivity contribution is -0.167. The summed E-state index contributed by atoms with van der Waals surface area (Å²) in [5, 5.41) is 0. The minimum Gasteiger partial charge on any atom is -0.462 e. The molecule has 1 unspecified atom stereocenters. The van der Waals surface area contributed by atoms with E-state index < -0.39 is 6.10 Å². The van der Waals surface area contributed by atoms with Gasteiger partial charge in [-0.3, -0.25) is 14.4 Å². The number of esters is 3. The molecule has 0 radical (unpaired) electrons. The Kier molecular flexibility index (Phi) is 60.4. The summed E-state index contributed by atoms with van der Waals surface area (Å²) in [6, 6.07) is 0. The highest BCUT2D eigenvalue weighted by Crippen LogP contribution is 2.15. The number of carbonyl (C=O) groups excluding carboxylic acids is 3. The highest BCUT2D eigenvalue weighted by Gasteiger charge is 2.19. The highest BCUT2D eigenvalue weighted by atomic mass is 16.6. The Hall–Kier alpha value is -4.45. The number of unbranched alkanes of at least 4 members (excludes halogenated alkanes) is 23. The fourth-order valence-corrected chi connectivity index (χ4v) is 8.38. The van der Waals surface area contributed by atoms with Gasteiger partial charge in [-0.15, -0.1) is 0 Å². The normalized spacial score (nSPS) is 13.0. The van der Waals surface area contributed by atoms with Crippen molar-refractivity contribution < 1.29 is 28.6 Å². The standard InChI is InChI=1S/C71H116O6/c1-4-7-10-13-16-19-22-25-27-29-31-33-35-37-39-41-43-46-49-52-55-58-61-64-70(73)76-67-68(66-75-69(72)63-60-57-54-51-48-45-24-21-18-15-12-9-6-3)77-71(74)65-62-59-56-53-50-47-44-42-40-38-36-34-32-30-28-26-23-20-17-14-11-8-5-2/h7,10,12,15-16,19,21,23-27,30-33,37,39,43,46,52,55,68H,4-6,8-9,11,13-14,17-18,20,22,28-29,34-36,38,40-42,44-45,47-51,53-54,56-67H2,1-3H3/b10-7-,15-12-,19-16-,24-21-,26-23-,27-25-,32-30-,33-31-,39-37-,46-43-,55-52-. The summed E-state index contributed by atoms with van der Waals surface area (Å²) in [6.07, 6.45) is 90.3. The molecule has 0 N–H and O–H groups in total. The van der Waals surface area contributed by atoms with Gasteiger partial charge in [0, 0.05) is 19.3 Å². The molecule has 0 amide bonds. The van der Waals surface area contributed by atoms with Gasteiger partial charge >= 0.3 is 17.9 Å². The van der Waals surface area contributed by atoms with E-state index in [1.54, 1.807) is 0 Å². The summed E-state index contributed by atoms with van der Waals surface area (Å²) in [5.74, 6) is -0.984. The van der Waals surface area contributed by atoms with E-state index in [0.29, 0.717) is 19.3 Å². The largest absolute Gasteiger partial charge is 0.462 e. The zero-order valence-electron chi connectivity index (χ0n) is 49.9. The van der Waals surface area contributed by atoms with Gasteiger partial charge in [-0.05, 0) is 128 Å². The van der Waals surface area contributed by atoms with Crippen molar-refractivity contribution in [3.05, 3.63) is 134 Å². The first-order valence-corrected chi connectivity index (χ1v) is 31.7. The van der Waals surface area contributed by atoms with Crippen LogP contribution in [0.3, 0.4) is 0 Å². The van der Waals surface area contributed by atoms with Crippen molar-refractivity contribution in [1.29, 1.82) is 0 Å². The third-order valence-electron chi connectivity index (χ3n) is 13.1. The third kappa shape index (κ3) is 62.3. The van der Waals surface area contributed by atoms with Gasteiger partial charge in [0.05, 0.1) is 0 Å². The van der Waals surface area contributed by atoms with E-state index in [-0.39, 0.29) is 37.5 Å². The van der Waals surface area contributed by atoms with Crippen LogP contribution in [0.15, 0.2) is 134 Å². The number of rotatable bonds is 56. The fraction of sp³-hybridized carbons (Fsp3) is 0.648. The molecule has 1 atom stereocenters. The molecule has 0 fully saturated rings. The maximum absolute atomic E-state index is 12.9. The van der Waals surface area contributed by atoms with Crippen LogP contribution >= 0.6 is 0 Å². The molecule has 0 aromatic rings. The van der Waals surface area contributed by atoms with E-state index in [1.807, 2.05) is 0 Å². The molecule has 0 rings (SSSR count). The first-order chi connectivity index (χ1) is 38.0. The lowest BCUT2D eigenvalue weighted by Crippen LogP contribution is -2.30. The number of hydrogen-bond acceptors (Lipinski definition) is 6. The van der Waals surface area contributed by atoms with Crippen LogP contribution in [0.2, 0.25) is 0 Å². The Morgan fingerprint density at radius 3 is 0.896 bits per heavy atom. The van der Waals surface area contributed by atoms with Gasteiger partial charge < -0.3 is 14.2 Å². The predicted octanol–water partition coefficient (Wildman–Crippen LogP) is 21.8. The first kappa shape index (κ1) is 72.5. The molecular weight excluding hydrogens is 949 g/mol. The summed E-state index contributed by atoms with van der Waals surface area (Å²) in [4.78, 5) is 38.3. The van der Waals surface area contributed by atoms with E-state index in [0.717, 1.165) is 128 Å². The van der Waals surface area contributed by atoms with Crippen molar-refractivity contribution >= 4 is 17.9 Å². The van der Waals surface area contributed by atoms with Crippen molar-refractivity contribution in [1.82, 2.24) is 0 Å². The molecule has 6 heteroatoms. The molecule has 0 aromatic carbocycles. The molecule has 0 aliphatic rings. The number of carbonyl (C=O) groups is 3. The van der Waals surface area contributed by atoms with Crippen LogP contribution in [0, 0.1) is 0 Å². The molecule has 0 aromatic heterocycles. The lowest BCUT2D eigenvalue weighted by Gasteiger charge is -2.18. The second kappa shape index (κ2) is 64.1. The summed E-state index contributed by atoms with van der Waals surface area (Å²) in [5.41, 5.74) is 0. The maximum atomic E-state index is 12.9. The first-order valence-electron chi connectivity index (χ1n) is 31.7. The van der Waals surface area contributed by atoms with E-state index in [2.05, 4.69) is 154 Å². The number of allylic oxidation sites excluding steroid dienone is 22. The average molecular weight is 1070 g/mol. The van der Waals surface area contributed by atoms with E-state index in [4.69, 9.17) is 14.2 Å². The number of ether oxygens (including phenoxy) is 3. The lowest BCUT2D eigenvalue weighted by atomic mass is 10.0. The van der Waals surface area contributed by atoms with Crippen LogP contribution < -0.4 is 0 Å². The SMILES string of the molecule is CC/C=C\C/C=C\C/C=C\C/C=C\C/C=C\C/C=C\C/C=C\CCCC(=O)OCC(COC(=O)CCCCCCC/C=C\C/C=C\CCC)OC(=O)CCCCCCCCCCCCC/C=C\C/C=C\CCCCCCC. The second-order valence-corrected chi connectivity index (χ2v) is 20.6. The van der Waals surface area contributed by atoms with Gasteiger partial charge in [-0.1, -0.05) is 264 Å². The van der Waals surface area contributed by atoms with Crippen molar-refractivity contribution in [2.24, 2.45) is 0 Å². The summed E-state index contributed by atoms with van der Waals surface area (Å²) in [6.45, 7) is 6.40. The van der Waals surface area contributed by atoms with Gasteiger partial charge in [0.1, 0.15) is 13.2 Å². The average Bonchev–Trinajstić information content (AvgIpc) is 3.43. The summed E-state index contributed by atoms with van der Waals surface area (Å²) in [7, 11) is 0. The van der Waals surface area contributed by atoms with Crippen molar-refractivity contribution in [3.8, 4) is 0 Å². The van der Waals surface area contributed by atoms with Crippen molar-refractivity contribution in [3.63, 3.8) is 0 Å². The zero-order valence-corrected chi connectivity index (χ0v) is 49.9. The quantitative estimate of drug-likeness (QED) is 0.0261. The fourth-order valence-electron chi connectivity index (χ4n) is 8.38. The Bertz CT molecular complexity index is 1650. The van der Waals surface area contributed by atoms with Crippen LogP contribution in [0.1, 0.15) is 278 Å². The predicted molar refractivity (Wildman–Crippen MR) is 334 cm³/mol. The Balaban J connectivity index is 4.46.